The lowest BCUT2D eigenvalue weighted by Crippen LogP contribution is -2.12. The van der Waals surface area contributed by atoms with Crippen LogP contribution in [0.2, 0.25) is 0 Å². The van der Waals surface area contributed by atoms with E-state index in [9.17, 15) is 4.79 Å². The van der Waals surface area contributed by atoms with Gasteiger partial charge in [0.15, 0.2) is 0 Å². The van der Waals surface area contributed by atoms with E-state index in [1.54, 1.807) is 12.1 Å². The molecule has 0 unspecified atom stereocenters. The van der Waals surface area contributed by atoms with E-state index in [-0.39, 0.29) is 12.0 Å². The summed E-state index contributed by atoms with van der Waals surface area (Å²) in [5.74, 6) is 1.38. The molecular formula is C24H25NO3. The summed E-state index contributed by atoms with van der Waals surface area (Å²) in [6, 6.07) is 24.7. The molecule has 4 heteroatoms. The lowest BCUT2D eigenvalue weighted by molar-refractivity contribution is 0.102. The van der Waals surface area contributed by atoms with Crippen LogP contribution in [-0.4, -0.2) is 18.6 Å². The van der Waals surface area contributed by atoms with Crippen molar-refractivity contribution in [2.45, 2.75) is 26.4 Å². The standard InChI is InChI=1S/C24H25NO3/c1-18(2)28-23-14-10-21(11-15-23)25-24(26)20-8-12-22(13-9-20)27-17-16-19-6-4-3-5-7-19/h3-15,18H,16-17H2,1-2H3,(H,25,26). The number of rotatable bonds is 8. The Bertz CT molecular complexity index is 872. The molecule has 144 valence electrons. The van der Waals surface area contributed by atoms with Crippen molar-refractivity contribution < 1.29 is 14.3 Å². The maximum atomic E-state index is 12.4. The Morgan fingerprint density at radius 1 is 0.857 bits per heavy atom. The summed E-state index contributed by atoms with van der Waals surface area (Å²) in [5, 5.41) is 2.89. The predicted molar refractivity (Wildman–Crippen MR) is 112 cm³/mol. The van der Waals surface area contributed by atoms with Gasteiger partial charge in [-0.2, -0.15) is 0 Å². The highest BCUT2D eigenvalue weighted by atomic mass is 16.5. The maximum Gasteiger partial charge on any atom is 0.255 e. The fourth-order valence-electron chi connectivity index (χ4n) is 2.73. The van der Waals surface area contributed by atoms with Crippen molar-refractivity contribution in [3.63, 3.8) is 0 Å². The average molecular weight is 375 g/mol. The van der Waals surface area contributed by atoms with Crippen LogP contribution in [-0.2, 0) is 6.42 Å². The first-order chi connectivity index (χ1) is 13.6. The number of carbonyl (C=O) groups is 1. The molecule has 0 aliphatic rings. The Kier molecular flexibility index (Phi) is 6.68. The van der Waals surface area contributed by atoms with Crippen molar-refractivity contribution >= 4 is 11.6 Å². The summed E-state index contributed by atoms with van der Waals surface area (Å²) in [4.78, 5) is 12.4. The summed E-state index contributed by atoms with van der Waals surface area (Å²) in [6.07, 6.45) is 0.966. The van der Waals surface area contributed by atoms with Gasteiger partial charge in [0.1, 0.15) is 11.5 Å². The van der Waals surface area contributed by atoms with Gasteiger partial charge in [-0.15, -0.1) is 0 Å². The molecule has 0 aliphatic heterocycles. The zero-order valence-corrected chi connectivity index (χ0v) is 16.2. The molecule has 0 bridgehead atoms. The second-order valence-corrected chi connectivity index (χ2v) is 6.75. The largest absolute Gasteiger partial charge is 0.493 e. The van der Waals surface area contributed by atoms with E-state index < -0.39 is 0 Å². The van der Waals surface area contributed by atoms with Gasteiger partial charge >= 0.3 is 0 Å². The van der Waals surface area contributed by atoms with Crippen LogP contribution < -0.4 is 14.8 Å². The van der Waals surface area contributed by atoms with Gasteiger partial charge in [0.2, 0.25) is 0 Å². The van der Waals surface area contributed by atoms with Crippen LogP contribution >= 0.6 is 0 Å². The number of amides is 1. The molecule has 0 saturated carbocycles. The van der Waals surface area contributed by atoms with E-state index in [4.69, 9.17) is 9.47 Å². The van der Waals surface area contributed by atoms with Crippen molar-refractivity contribution in [2.24, 2.45) is 0 Å². The minimum absolute atomic E-state index is 0.119. The van der Waals surface area contributed by atoms with E-state index in [0.29, 0.717) is 12.2 Å². The SMILES string of the molecule is CC(C)Oc1ccc(NC(=O)c2ccc(OCCc3ccccc3)cc2)cc1. The first-order valence-electron chi connectivity index (χ1n) is 9.45. The average Bonchev–Trinajstić information content (AvgIpc) is 2.70. The lowest BCUT2D eigenvalue weighted by Gasteiger charge is -2.11. The third-order valence-corrected chi connectivity index (χ3v) is 4.10. The first-order valence-corrected chi connectivity index (χ1v) is 9.45. The molecule has 0 heterocycles. The van der Waals surface area contributed by atoms with Gasteiger partial charge in [-0.05, 0) is 67.9 Å². The highest BCUT2D eigenvalue weighted by Gasteiger charge is 2.07. The van der Waals surface area contributed by atoms with Crippen molar-refractivity contribution in [3.8, 4) is 11.5 Å². The van der Waals surface area contributed by atoms with E-state index in [1.165, 1.54) is 5.56 Å². The molecule has 0 atom stereocenters. The fourth-order valence-corrected chi connectivity index (χ4v) is 2.73. The van der Waals surface area contributed by atoms with Gasteiger partial charge in [0.05, 0.1) is 12.7 Å². The molecule has 28 heavy (non-hydrogen) atoms. The molecule has 0 aromatic heterocycles. The predicted octanol–water partition coefficient (Wildman–Crippen LogP) is 5.35. The molecule has 0 aliphatic carbocycles. The Morgan fingerprint density at radius 3 is 2.14 bits per heavy atom. The summed E-state index contributed by atoms with van der Waals surface area (Å²) < 4.78 is 11.4. The van der Waals surface area contributed by atoms with Crippen molar-refractivity contribution in [1.29, 1.82) is 0 Å². The lowest BCUT2D eigenvalue weighted by atomic mass is 10.2. The van der Waals surface area contributed by atoms with E-state index in [2.05, 4.69) is 17.4 Å². The molecule has 3 aromatic carbocycles. The quantitative estimate of drug-likeness (QED) is 0.577. The van der Waals surface area contributed by atoms with Crippen LogP contribution in [0.15, 0.2) is 78.9 Å². The Balaban J connectivity index is 1.50. The fraction of sp³-hybridized carbons (Fsp3) is 0.208. The van der Waals surface area contributed by atoms with E-state index >= 15 is 0 Å². The number of benzene rings is 3. The van der Waals surface area contributed by atoms with Gasteiger partial charge in [-0.1, -0.05) is 30.3 Å². The van der Waals surface area contributed by atoms with Crippen molar-refractivity contribution in [2.75, 3.05) is 11.9 Å². The Hall–Kier alpha value is -3.27. The topological polar surface area (TPSA) is 47.6 Å². The monoisotopic (exact) mass is 375 g/mol. The minimum atomic E-state index is -0.159. The van der Waals surface area contributed by atoms with Gasteiger partial charge < -0.3 is 14.8 Å². The van der Waals surface area contributed by atoms with E-state index in [0.717, 1.165) is 23.6 Å². The normalized spacial score (nSPS) is 10.5. The smallest absolute Gasteiger partial charge is 0.255 e. The van der Waals surface area contributed by atoms with Crippen LogP contribution in [0.3, 0.4) is 0 Å². The second kappa shape index (κ2) is 9.60. The molecule has 0 fully saturated rings. The number of carbonyl (C=O) groups excluding carboxylic acids is 1. The van der Waals surface area contributed by atoms with E-state index in [1.807, 2.05) is 68.4 Å². The second-order valence-electron chi connectivity index (χ2n) is 6.75. The van der Waals surface area contributed by atoms with Gasteiger partial charge in [-0.3, -0.25) is 4.79 Å². The van der Waals surface area contributed by atoms with Crippen LogP contribution in [0, 0.1) is 0 Å². The summed E-state index contributed by atoms with van der Waals surface area (Å²) >= 11 is 0. The molecule has 3 rings (SSSR count). The summed E-state index contributed by atoms with van der Waals surface area (Å²) in [7, 11) is 0. The number of ether oxygens (including phenoxy) is 2. The van der Waals surface area contributed by atoms with Crippen molar-refractivity contribution in [3.05, 3.63) is 90.0 Å². The third kappa shape index (κ3) is 5.88. The Morgan fingerprint density at radius 2 is 1.50 bits per heavy atom. The summed E-state index contributed by atoms with van der Waals surface area (Å²) in [6.45, 7) is 4.55. The van der Waals surface area contributed by atoms with Crippen LogP contribution in [0.25, 0.3) is 0 Å². The number of hydrogen-bond acceptors (Lipinski definition) is 3. The molecule has 3 aromatic rings. The third-order valence-electron chi connectivity index (χ3n) is 4.10. The molecule has 0 spiro atoms. The first kappa shape index (κ1) is 19.5. The minimum Gasteiger partial charge on any atom is -0.493 e. The molecule has 1 amide bonds. The highest BCUT2D eigenvalue weighted by molar-refractivity contribution is 6.04. The molecule has 4 nitrogen and oxygen atoms in total. The van der Waals surface area contributed by atoms with Gasteiger partial charge in [0, 0.05) is 17.7 Å². The molecule has 0 saturated heterocycles. The molecule has 0 radical (unpaired) electrons. The Labute approximate surface area is 166 Å². The zero-order valence-electron chi connectivity index (χ0n) is 16.2. The maximum absolute atomic E-state index is 12.4. The number of nitrogens with one attached hydrogen (secondary N) is 1. The van der Waals surface area contributed by atoms with Crippen LogP contribution in [0.4, 0.5) is 5.69 Å². The van der Waals surface area contributed by atoms with Gasteiger partial charge in [-0.25, -0.2) is 0 Å². The molecular weight excluding hydrogens is 350 g/mol. The number of hydrogen-bond donors (Lipinski definition) is 1. The summed E-state index contributed by atoms with van der Waals surface area (Å²) in [5.41, 5.74) is 2.55. The number of anilines is 1. The van der Waals surface area contributed by atoms with Gasteiger partial charge in [0.25, 0.3) is 5.91 Å². The van der Waals surface area contributed by atoms with Crippen LogP contribution in [0.5, 0.6) is 11.5 Å². The highest BCUT2D eigenvalue weighted by Crippen LogP contribution is 2.18. The zero-order chi connectivity index (χ0) is 19.8. The van der Waals surface area contributed by atoms with Crippen molar-refractivity contribution in [1.82, 2.24) is 0 Å². The van der Waals surface area contributed by atoms with Crippen LogP contribution in [0.1, 0.15) is 29.8 Å². The molecule has 1 N–H and O–H groups in total.